The van der Waals surface area contributed by atoms with Gasteiger partial charge in [-0.1, -0.05) is 66.7 Å². The molecule has 1 aliphatic heterocycles. The van der Waals surface area contributed by atoms with Crippen LogP contribution in [-0.2, 0) is 20.7 Å². The first-order chi connectivity index (χ1) is 17.9. The molecule has 10 heteroatoms. The quantitative estimate of drug-likeness (QED) is 0.285. The molecular formula is C27H22N4O5S. The maximum Gasteiger partial charge on any atom is 0.357 e. The van der Waals surface area contributed by atoms with Crippen LogP contribution >= 0.6 is 11.3 Å². The molecule has 0 radical (unpaired) electrons. The lowest BCUT2D eigenvalue weighted by atomic mass is 10.0. The van der Waals surface area contributed by atoms with Gasteiger partial charge in [-0.25, -0.2) is 19.5 Å². The molecule has 2 atom stereocenters. The minimum Gasteiger partial charge on any atom is -0.464 e. The predicted molar refractivity (Wildman–Crippen MR) is 138 cm³/mol. The summed E-state index contributed by atoms with van der Waals surface area (Å²) in [6.45, 7) is 0. The van der Waals surface area contributed by atoms with Crippen molar-refractivity contribution in [1.82, 2.24) is 15.2 Å². The van der Waals surface area contributed by atoms with Gasteiger partial charge in [-0.3, -0.25) is 9.59 Å². The molecule has 0 saturated carbocycles. The number of aromatic nitrogens is 1. The third-order valence-electron chi connectivity index (χ3n) is 6.09. The number of hydrogen-bond donors (Lipinski definition) is 2. The van der Waals surface area contributed by atoms with Crippen LogP contribution in [0.4, 0.5) is 9.93 Å². The Kier molecular flexibility index (Phi) is 6.65. The van der Waals surface area contributed by atoms with Gasteiger partial charge in [-0.2, -0.15) is 0 Å². The van der Waals surface area contributed by atoms with Crippen molar-refractivity contribution < 1.29 is 23.9 Å². The lowest BCUT2D eigenvalue weighted by Crippen LogP contribution is -2.49. The van der Waals surface area contributed by atoms with Crippen molar-refractivity contribution in [3.05, 3.63) is 95.0 Å². The first-order valence-electron chi connectivity index (χ1n) is 11.5. The molecule has 0 aliphatic carbocycles. The number of nitrogens with zero attached hydrogens (tertiary/aromatic N) is 2. The van der Waals surface area contributed by atoms with Gasteiger partial charge in [0, 0.05) is 11.8 Å². The highest BCUT2D eigenvalue weighted by atomic mass is 32.1. The standard InChI is InChI=1S/C27H22N4O5S/c1-36-25(34)20-15-37-26(28-20)30-23(32)21(13-16-7-3-2-4-8-16)31-24(33)22(29-27(31)35)19-12-11-17-9-5-6-10-18(17)14-19/h2-12,14-15,21-22H,13H2,1H3,(H,29,35)(H,28,30,32)/t21-,22?/m0/s1. The van der Waals surface area contributed by atoms with Crippen molar-refractivity contribution in [2.24, 2.45) is 0 Å². The van der Waals surface area contributed by atoms with Crippen LogP contribution in [0.2, 0.25) is 0 Å². The second kappa shape index (κ2) is 10.2. The van der Waals surface area contributed by atoms with E-state index in [4.69, 9.17) is 0 Å². The van der Waals surface area contributed by atoms with E-state index in [0.29, 0.717) is 5.56 Å². The summed E-state index contributed by atoms with van der Waals surface area (Å²) in [5.41, 5.74) is 1.45. The smallest absolute Gasteiger partial charge is 0.357 e. The van der Waals surface area contributed by atoms with Gasteiger partial charge in [0.15, 0.2) is 10.8 Å². The van der Waals surface area contributed by atoms with Crippen molar-refractivity contribution in [3.63, 3.8) is 0 Å². The van der Waals surface area contributed by atoms with Crippen LogP contribution in [0.3, 0.4) is 0 Å². The number of carbonyl (C=O) groups excluding carboxylic acids is 4. The molecule has 1 aromatic heterocycles. The largest absolute Gasteiger partial charge is 0.464 e. The highest BCUT2D eigenvalue weighted by Crippen LogP contribution is 2.28. The van der Waals surface area contributed by atoms with Crippen LogP contribution in [0.1, 0.15) is 27.7 Å². The van der Waals surface area contributed by atoms with Crippen LogP contribution in [0.25, 0.3) is 10.8 Å². The lowest BCUT2D eigenvalue weighted by Gasteiger charge is -2.24. The zero-order valence-corrected chi connectivity index (χ0v) is 20.5. The Hall–Kier alpha value is -4.57. The lowest BCUT2D eigenvalue weighted by molar-refractivity contribution is -0.134. The van der Waals surface area contributed by atoms with Gasteiger partial charge in [0.1, 0.15) is 12.1 Å². The van der Waals surface area contributed by atoms with E-state index in [0.717, 1.165) is 32.6 Å². The number of rotatable bonds is 7. The topological polar surface area (TPSA) is 118 Å². The number of benzene rings is 3. The summed E-state index contributed by atoms with van der Waals surface area (Å²) in [6.07, 6.45) is 0.103. The molecule has 0 bridgehead atoms. The number of ether oxygens (including phenoxy) is 1. The summed E-state index contributed by atoms with van der Waals surface area (Å²) in [6, 6.07) is 19.6. The molecule has 2 N–H and O–H groups in total. The van der Waals surface area contributed by atoms with Crippen molar-refractivity contribution >= 4 is 51.1 Å². The molecule has 4 aromatic rings. The van der Waals surface area contributed by atoms with Crippen molar-refractivity contribution in [2.45, 2.75) is 18.5 Å². The fourth-order valence-electron chi connectivity index (χ4n) is 4.26. The number of carbonyl (C=O) groups is 4. The molecule has 2 heterocycles. The number of urea groups is 1. The van der Waals surface area contributed by atoms with E-state index in [-0.39, 0.29) is 17.2 Å². The summed E-state index contributed by atoms with van der Waals surface area (Å²) in [5.74, 6) is -1.76. The van der Waals surface area contributed by atoms with Crippen molar-refractivity contribution in [2.75, 3.05) is 12.4 Å². The molecule has 1 aliphatic rings. The van der Waals surface area contributed by atoms with E-state index >= 15 is 0 Å². The summed E-state index contributed by atoms with van der Waals surface area (Å²) in [7, 11) is 1.24. The van der Waals surface area contributed by atoms with Gasteiger partial charge < -0.3 is 15.4 Å². The Labute approximate surface area is 216 Å². The van der Waals surface area contributed by atoms with Gasteiger partial charge in [0.2, 0.25) is 5.91 Å². The molecule has 37 heavy (non-hydrogen) atoms. The number of anilines is 1. The van der Waals surface area contributed by atoms with Crippen LogP contribution in [0.5, 0.6) is 0 Å². The van der Waals surface area contributed by atoms with Crippen LogP contribution in [0, 0.1) is 0 Å². The zero-order chi connectivity index (χ0) is 25.9. The number of amides is 4. The number of methoxy groups -OCH3 is 1. The maximum atomic E-state index is 13.6. The molecule has 0 spiro atoms. The Balaban J connectivity index is 1.44. The molecule has 1 unspecified atom stereocenters. The Morgan fingerprint density at radius 2 is 1.78 bits per heavy atom. The normalized spacial score (nSPS) is 15.9. The van der Waals surface area contributed by atoms with Crippen LogP contribution in [0.15, 0.2) is 78.2 Å². The van der Waals surface area contributed by atoms with E-state index in [1.54, 1.807) is 6.07 Å². The second-order valence-corrected chi connectivity index (χ2v) is 9.28. The number of hydrogen-bond acceptors (Lipinski definition) is 7. The van der Waals surface area contributed by atoms with Gasteiger partial charge >= 0.3 is 12.0 Å². The van der Waals surface area contributed by atoms with Gasteiger partial charge in [-0.15, -0.1) is 11.3 Å². The van der Waals surface area contributed by atoms with E-state index in [2.05, 4.69) is 20.4 Å². The molecule has 5 rings (SSSR count). The minimum absolute atomic E-state index is 0.0498. The number of thiazole rings is 1. The second-order valence-electron chi connectivity index (χ2n) is 8.42. The highest BCUT2D eigenvalue weighted by molar-refractivity contribution is 7.14. The molecule has 1 fully saturated rings. The SMILES string of the molecule is COC(=O)c1csc(NC(=O)[C@H](Cc2ccccc2)N2C(=O)NC(c3ccc4ccccc4c3)C2=O)n1. The Morgan fingerprint density at radius 1 is 1.05 bits per heavy atom. The van der Waals surface area contributed by atoms with Crippen molar-refractivity contribution in [3.8, 4) is 0 Å². The zero-order valence-electron chi connectivity index (χ0n) is 19.7. The summed E-state index contributed by atoms with van der Waals surface area (Å²) in [5, 5.41) is 8.93. The molecule has 4 amide bonds. The average Bonchev–Trinajstić information content (AvgIpc) is 3.50. The minimum atomic E-state index is -1.15. The van der Waals surface area contributed by atoms with Crippen molar-refractivity contribution in [1.29, 1.82) is 0 Å². The highest BCUT2D eigenvalue weighted by Gasteiger charge is 2.45. The first-order valence-corrected chi connectivity index (χ1v) is 12.3. The number of fused-ring (bicyclic) bond motifs is 1. The number of esters is 1. The number of nitrogens with one attached hydrogen (secondary N) is 2. The molecule has 9 nitrogen and oxygen atoms in total. The summed E-state index contributed by atoms with van der Waals surface area (Å²) in [4.78, 5) is 56.9. The van der Waals surface area contributed by atoms with Crippen LogP contribution in [-0.4, -0.2) is 46.9 Å². The third kappa shape index (κ3) is 4.91. The molecule has 3 aromatic carbocycles. The number of imide groups is 1. The molecule has 1 saturated heterocycles. The van der Waals surface area contributed by atoms with Gasteiger partial charge in [0.25, 0.3) is 5.91 Å². The molecular weight excluding hydrogens is 492 g/mol. The predicted octanol–water partition coefficient (Wildman–Crippen LogP) is 3.93. The molecule has 186 valence electrons. The van der Waals surface area contributed by atoms with E-state index in [9.17, 15) is 19.2 Å². The van der Waals surface area contributed by atoms with E-state index < -0.39 is 35.9 Å². The van der Waals surface area contributed by atoms with Gasteiger partial charge in [-0.05, 0) is 28.0 Å². The average molecular weight is 515 g/mol. The van der Waals surface area contributed by atoms with Gasteiger partial charge in [0.05, 0.1) is 7.11 Å². The summed E-state index contributed by atoms with van der Waals surface area (Å²) >= 11 is 1.04. The third-order valence-corrected chi connectivity index (χ3v) is 6.85. The fourth-order valence-corrected chi connectivity index (χ4v) is 4.94. The fraction of sp³-hybridized carbons (Fsp3) is 0.148. The monoisotopic (exact) mass is 514 g/mol. The van der Waals surface area contributed by atoms with E-state index in [1.807, 2.05) is 66.7 Å². The maximum absolute atomic E-state index is 13.6. The van der Waals surface area contributed by atoms with Crippen LogP contribution < -0.4 is 10.6 Å². The van der Waals surface area contributed by atoms with E-state index in [1.165, 1.54) is 12.5 Å². The first kappa shape index (κ1) is 24.1. The summed E-state index contributed by atoms with van der Waals surface area (Å²) < 4.78 is 4.66. The Bertz CT molecular complexity index is 1500. The Morgan fingerprint density at radius 3 is 2.54 bits per heavy atom.